The summed E-state index contributed by atoms with van der Waals surface area (Å²) < 4.78 is 4.81. The number of esters is 1. The number of hydrogen-bond acceptors (Lipinski definition) is 5. The molecule has 0 heterocycles. The topological polar surface area (TPSA) is 81.4 Å². The SMILES string of the molecule is CCCCCNC(=O)C(C)SCC(N)C(=O)OCC. The van der Waals surface area contributed by atoms with Gasteiger partial charge in [-0.05, 0) is 20.3 Å². The third-order valence-corrected chi connectivity index (χ3v) is 3.83. The highest BCUT2D eigenvalue weighted by Gasteiger charge is 2.19. The Kier molecular flexibility index (Phi) is 10.7. The molecule has 0 aromatic carbocycles. The Morgan fingerprint density at radius 1 is 1.32 bits per heavy atom. The van der Waals surface area contributed by atoms with Gasteiger partial charge >= 0.3 is 5.97 Å². The minimum atomic E-state index is -0.666. The molecule has 0 aliphatic rings. The molecule has 0 fully saturated rings. The lowest BCUT2D eigenvalue weighted by Gasteiger charge is -2.14. The highest BCUT2D eigenvalue weighted by Crippen LogP contribution is 2.12. The molecular formula is C13H26N2O3S. The molecule has 0 radical (unpaired) electrons. The molecule has 0 spiro atoms. The van der Waals surface area contributed by atoms with Gasteiger partial charge in [-0.15, -0.1) is 11.8 Å². The Morgan fingerprint density at radius 3 is 2.58 bits per heavy atom. The third kappa shape index (κ3) is 8.88. The number of thioether (sulfide) groups is 1. The highest BCUT2D eigenvalue weighted by atomic mass is 32.2. The lowest BCUT2D eigenvalue weighted by Crippen LogP contribution is -2.37. The van der Waals surface area contributed by atoms with E-state index in [9.17, 15) is 9.59 Å². The molecule has 1 amide bonds. The van der Waals surface area contributed by atoms with Crippen molar-refractivity contribution in [3.8, 4) is 0 Å². The number of unbranched alkanes of at least 4 members (excludes halogenated alkanes) is 2. The number of ether oxygens (including phenoxy) is 1. The molecule has 0 saturated carbocycles. The highest BCUT2D eigenvalue weighted by molar-refractivity contribution is 8.00. The molecule has 2 atom stereocenters. The molecule has 0 saturated heterocycles. The molecule has 5 nitrogen and oxygen atoms in total. The molecule has 0 bridgehead atoms. The van der Waals surface area contributed by atoms with Crippen LogP contribution in [0.25, 0.3) is 0 Å². The van der Waals surface area contributed by atoms with Crippen molar-refractivity contribution in [1.82, 2.24) is 5.32 Å². The number of rotatable bonds is 10. The van der Waals surface area contributed by atoms with Crippen LogP contribution < -0.4 is 11.1 Å². The molecule has 0 aliphatic carbocycles. The van der Waals surface area contributed by atoms with E-state index in [0.29, 0.717) is 18.9 Å². The van der Waals surface area contributed by atoms with Gasteiger partial charge in [-0.2, -0.15) is 0 Å². The van der Waals surface area contributed by atoms with Crippen molar-refractivity contribution < 1.29 is 14.3 Å². The molecule has 0 aliphatic heterocycles. The van der Waals surface area contributed by atoms with Gasteiger partial charge < -0.3 is 15.8 Å². The molecule has 0 aromatic heterocycles. The number of nitrogens with one attached hydrogen (secondary N) is 1. The van der Waals surface area contributed by atoms with Crippen LogP contribution in [0, 0.1) is 0 Å². The van der Waals surface area contributed by atoms with Gasteiger partial charge in [0.05, 0.1) is 11.9 Å². The minimum Gasteiger partial charge on any atom is -0.465 e. The number of carbonyl (C=O) groups is 2. The van der Waals surface area contributed by atoms with E-state index in [1.807, 2.05) is 6.92 Å². The zero-order valence-electron chi connectivity index (χ0n) is 12.1. The monoisotopic (exact) mass is 290 g/mol. The average molecular weight is 290 g/mol. The Bertz CT molecular complexity index is 275. The molecule has 6 heteroatoms. The fourth-order valence-corrected chi connectivity index (χ4v) is 2.24. The maximum Gasteiger partial charge on any atom is 0.323 e. The van der Waals surface area contributed by atoms with Crippen LogP contribution in [0.1, 0.15) is 40.0 Å². The molecule has 2 unspecified atom stereocenters. The quantitative estimate of drug-likeness (QED) is 0.468. The number of amides is 1. The normalized spacial score (nSPS) is 13.7. The molecule has 0 rings (SSSR count). The maximum absolute atomic E-state index is 11.7. The van der Waals surface area contributed by atoms with E-state index < -0.39 is 12.0 Å². The van der Waals surface area contributed by atoms with Gasteiger partial charge in [0, 0.05) is 12.3 Å². The van der Waals surface area contributed by atoms with Gasteiger partial charge in [-0.25, -0.2) is 0 Å². The van der Waals surface area contributed by atoms with Crippen molar-refractivity contribution in [2.45, 2.75) is 51.3 Å². The molecular weight excluding hydrogens is 264 g/mol. The Hall–Kier alpha value is -0.750. The van der Waals surface area contributed by atoms with Crippen LogP contribution in [0.5, 0.6) is 0 Å². The van der Waals surface area contributed by atoms with Crippen molar-refractivity contribution in [3.05, 3.63) is 0 Å². The van der Waals surface area contributed by atoms with Crippen LogP contribution in [0.4, 0.5) is 0 Å². The van der Waals surface area contributed by atoms with Crippen molar-refractivity contribution >= 4 is 23.6 Å². The summed E-state index contributed by atoms with van der Waals surface area (Å²) in [5, 5.41) is 2.67. The van der Waals surface area contributed by atoms with Gasteiger partial charge in [0.15, 0.2) is 0 Å². The first-order chi connectivity index (χ1) is 9.02. The van der Waals surface area contributed by atoms with Gasteiger partial charge in [0.2, 0.25) is 5.91 Å². The lowest BCUT2D eigenvalue weighted by molar-refractivity contribution is -0.144. The van der Waals surface area contributed by atoms with E-state index >= 15 is 0 Å². The summed E-state index contributed by atoms with van der Waals surface area (Å²) in [5.41, 5.74) is 5.66. The third-order valence-electron chi connectivity index (χ3n) is 2.56. The van der Waals surface area contributed by atoms with E-state index in [-0.39, 0.29) is 11.2 Å². The lowest BCUT2D eigenvalue weighted by atomic mass is 10.2. The zero-order chi connectivity index (χ0) is 14.7. The van der Waals surface area contributed by atoms with E-state index in [1.54, 1.807) is 6.92 Å². The molecule has 112 valence electrons. The number of nitrogens with two attached hydrogens (primary N) is 1. The van der Waals surface area contributed by atoms with Crippen LogP contribution >= 0.6 is 11.8 Å². The summed E-state index contributed by atoms with van der Waals surface area (Å²) in [6.07, 6.45) is 3.26. The minimum absolute atomic E-state index is 0.00263. The summed E-state index contributed by atoms with van der Waals surface area (Å²) in [6, 6.07) is -0.666. The summed E-state index contributed by atoms with van der Waals surface area (Å²) in [5.74, 6) is -0.0229. The van der Waals surface area contributed by atoms with Gasteiger partial charge in [-0.1, -0.05) is 19.8 Å². The summed E-state index contributed by atoms with van der Waals surface area (Å²) in [7, 11) is 0. The van der Waals surface area contributed by atoms with E-state index in [4.69, 9.17) is 10.5 Å². The second kappa shape index (κ2) is 11.1. The second-order valence-corrected chi connectivity index (χ2v) is 5.71. The van der Waals surface area contributed by atoms with Crippen LogP contribution in [-0.4, -0.2) is 42.1 Å². The average Bonchev–Trinajstić information content (AvgIpc) is 2.40. The van der Waals surface area contributed by atoms with Gasteiger partial charge in [0.1, 0.15) is 6.04 Å². The summed E-state index contributed by atoms with van der Waals surface area (Å²) in [6.45, 7) is 6.71. The smallest absolute Gasteiger partial charge is 0.323 e. The van der Waals surface area contributed by atoms with E-state index in [1.165, 1.54) is 11.8 Å². The fourth-order valence-electron chi connectivity index (χ4n) is 1.37. The van der Waals surface area contributed by atoms with E-state index in [0.717, 1.165) is 19.3 Å². The molecule has 19 heavy (non-hydrogen) atoms. The van der Waals surface area contributed by atoms with Crippen molar-refractivity contribution in [1.29, 1.82) is 0 Å². The van der Waals surface area contributed by atoms with Gasteiger partial charge in [-0.3, -0.25) is 9.59 Å². The van der Waals surface area contributed by atoms with Crippen molar-refractivity contribution in [2.24, 2.45) is 5.73 Å². The maximum atomic E-state index is 11.7. The first-order valence-electron chi connectivity index (χ1n) is 6.84. The van der Waals surface area contributed by atoms with Crippen molar-refractivity contribution in [2.75, 3.05) is 18.9 Å². The molecule has 0 aromatic rings. The second-order valence-electron chi connectivity index (χ2n) is 4.33. The van der Waals surface area contributed by atoms with Crippen LogP contribution in [0.15, 0.2) is 0 Å². The van der Waals surface area contributed by atoms with Crippen molar-refractivity contribution in [3.63, 3.8) is 0 Å². The Labute approximate surface area is 120 Å². The zero-order valence-corrected chi connectivity index (χ0v) is 12.9. The Balaban J connectivity index is 3.80. The predicted molar refractivity (Wildman–Crippen MR) is 79.1 cm³/mol. The first-order valence-corrected chi connectivity index (χ1v) is 7.89. The number of hydrogen-bond donors (Lipinski definition) is 2. The summed E-state index contributed by atoms with van der Waals surface area (Å²) in [4.78, 5) is 23.0. The van der Waals surface area contributed by atoms with Crippen LogP contribution in [0.2, 0.25) is 0 Å². The Morgan fingerprint density at radius 2 is 2.00 bits per heavy atom. The van der Waals surface area contributed by atoms with Crippen LogP contribution in [0.3, 0.4) is 0 Å². The van der Waals surface area contributed by atoms with E-state index in [2.05, 4.69) is 12.2 Å². The predicted octanol–water partition coefficient (Wildman–Crippen LogP) is 1.30. The van der Waals surface area contributed by atoms with Crippen LogP contribution in [-0.2, 0) is 14.3 Å². The van der Waals surface area contributed by atoms with Gasteiger partial charge in [0.25, 0.3) is 0 Å². The summed E-state index contributed by atoms with van der Waals surface area (Å²) >= 11 is 1.37. The first kappa shape index (κ1) is 18.2. The molecule has 3 N–H and O–H groups in total. The standard InChI is InChI=1S/C13H26N2O3S/c1-4-6-7-8-15-12(16)10(3)19-9-11(14)13(17)18-5-2/h10-11H,4-9,14H2,1-3H3,(H,15,16). The fraction of sp³-hybridized carbons (Fsp3) is 0.846. The largest absolute Gasteiger partial charge is 0.465 e. The number of carbonyl (C=O) groups excluding carboxylic acids is 2.